The largest absolute Gasteiger partial charge is 0.464 e. The van der Waals surface area contributed by atoms with Crippen LogP contribution in [0.15, 0.2) is 6.07 Å². The van der Waals surface area contributed by atoms with Crippen LogP contribution in [0.3, 0.4) is 0 Å². The summed E-state index contributed by atoms with van der Waals surface area (Å²) in [4.78, 5) is 20.9. The zero-order valence-corrected chi connectivity index (χ0v) is 8.04. The maximum atomic E-state index is 11.2. The van der Waals surface area contributed by atoms with E-state index in [9.17, 15) is 14.9 Å². The molecule has 0 aliphatic carbocycles. The second-order valence-electron chi connectivity index (χ2n) is 2.65. The van der Waals surface area contributed by atoms with Crippen molar-refractivity contribution in [3.8, 4) is 0 Å². The fourth-order valence-electron chi connectivity index (χ4n) is 1.05. The van der Waals surface area contributed by atoms with Gasteiger partial charge in [0.2, 0.25) is 0 Å². The molecule has 0 spiro atoms. The molecule has 1 aromatic heterocycles. The highest BCUT2D eigenvalue weighted by Crippen LogP contribution is 2.12. The van der Waals surface area contributed by atoms with Crippen molar-refractivity contribution < 1.29 is 14.5 Å². The Morgan fingerprint density at radius 1 is 1.80 bits per heavy atom. The normalized spacial score (nSPS) is 10.0. The lowest BCUT2D eigenvalue weighted by Gasteiger charge is -1.98. The molecular weight excluding hydrogens is 204 g/mol. The summed E-state index contributed by atoms with van der Waals surface area (Å²) in [5.41, 5.74) is 5.30. The number of ether oxygens (including phenoxy) is 1. The van der Waals surface area contributed by atoms with Gasteiger partial charge in [0.05, 0.1) is 24.8 Å². The van der Waals surface area contributed by atoms with Crippen molar-refractivity contribution in [1.82, 2.24) is 9.78 Å². The summed E-state index contributed by atoms with van der Waals surface area (Å²) in [5, 5.41) is 14.0. The minimum Gasteiger partial charge on any atom is -0.464 e. The van der Waals surface area contributed by atoms with Gasteiger partial charge >= 0.3 is 11.8 Å². The molecule has 2 N–H and O–H groups in total. The first-order valence-corrected chi connectivity index (χ1v) is 4.10. The molecule has 0 aliphatic heterocycles. The third-order valence-electron chi connectivity index (χ3n) is 1.69. The van der Waals surface area contributed by atoms with Crippen molar-refractivity contribution in [2.75, 3.05) is 13.7 Å². The third kappa shape index (κ3) is 2.29. The quantitative estimate of drug-likeness (QED) is 0.412. The van der Waals surface area contributed by atoms with Gasteiger partial charge in [0.1, 0.15) is 0 Å². The fourth-order valence-corrected chi connectivity index (χ4v) is 1.05. The van der Waals surface area contributed by atoms with Crippen molar-refractivity contribution >= 4 is 11.8 Å². The van der Waals surface area contributed by atoms with Crippen molar-refractivity contribution in [3.05, 3.63) is 21.9 Å². The molecule has 1 heterocycles. The molecule has 82 valence electrons. The number of hydrogen-bond donors (Lipinski definition) is 1. The smallest absolute Gasteiger partial charge is 0.390 e. The van der Waals surface area contributed by atoms with Crippen LogP contribution in [0, 0.1) is 10.1 Å². The average Bonchev–Trinajstić information content (AvgIpc) is 2.61. The molecule has 1 rings (SSSR count). The van der Waals surface area contributed by atoms with Crippen LogP contribution in [-0.2, 0) is 11.3 Å². The molecule has 0 radical (unpaired) electrons. The van der Waals surface area contributed by atoms with Crippen LogP contribution in [0.1, 0.15) is 10.5 Å². The van der Waals surface area contributed by atoms with Gasteiger partial charge in [-0.1, -0.05) is 0 Å². The van der Waals surface area contributed by atoms with Crippen LogP contribution in [0.4, 0.5) is 5.82 Å². The SMILES string of the molecule is COC(=O)c1cc([N+](=O)[O-])nn1CCN. The summed E-state index contributed by atoms with van der Waals surface area (Å²) in [6.07, 6.45) is 0. The molecule has 0 saturated heterocycles. The highest BCUT2D eigenvalue weighted by molar-refractivity contribution is 5.88. The predicted molar refractivity (Wildman–Crippen MR) is 49.3 cm³/mol. The van der Waals surface area contributed by atoms with Crippen LogP contribution in [-0.4, -0.2) is 34.3 Å². The zero-order valence-electron chi connectivity index (χ0n) is 8.04. The van der Waals surface area contributed by atoms with Crippen molar-refractivity contribution in [2.45, 2.75) is 6.54 Å². The Hall–Kier alpha value is -1.96. The molecular formula is C7H10N4O4. The highest BCUT2D eigenvalue weighted by Gasteiger charge is 2.23. The van der Waals surface area contributed by atoms with Crippen LogP contribution in [0.25, 0.3) is 0 Å². The maximum Gasteiger partial charge on any atom is 0.390 e. The van der Waals surface area contributed by atoms with E-state index in [1.54, 1.807) is 0 Å². The van der Waals surface area contributed by atoms with E-state index in [4.69, 9.17) is 5.73 Å². The van der Waals surface area contributed by atoms with Gasteiger partial charge in [0.25, 0.3) is 0 Å². The third-order valence-corrected chi connectivity index (χ3v) is 1.69. The van der Waals surface area contributed by atoms with Crippen LogP contribution >= 0.6 is 0 Å². The van der Waals surface area contributed by atoms with Gasteiger partial charge in [0.15, 0.2) is 5.69 Å². The molecule has 0 bridgehead atoms. The number of rotatable bonds is 4. The lowest BCUT2D eigenvalue weighted by molar-refractivity contribution is -0.389. The van der Waals surface area contributed by atoms with E-state index in [2.05, 4.69) is 9.84 Å². The summed E-state index contributed by atoms with van der Waals surface area (Å²) < 4.78 is 5.61. The average molecular weight is 214 g/mol. The monoisotopic (exact) mass is 214 g/mol. The number of hydrogen-bond acceptors (Lipinski definition) is 6. The van der Waals surface area contributed by atoms with Gasteiger partial charge < -0.3 is 20.6 Å². The number of carbonyl (C=O) groups is 1. The Labute approximate surface area is 84.8 Å². The predicted octanol–water partition coefficient (Wildman–Crippen LogP) is -0.463. The molecule has 8 nitrogen and oxygen atoms in total. The highest BCUT2D eigenvalue weighted by atomic mass is 16.6. The number of esters is 1. The van der Waals surface area contributed by atoms with E-state index < -0.39 is 16.7 Å². The van der Waals surface area contributed by atoms with Gasteiger partial charge in [-0.3, -0.25) is 0 Å². The minimum absolute atomic E-state index is 0.0228. The number of carbonyl (C=O) groups excluding carboxylic acids is 1. The lowest BCUT2D eigenvalue weighted by atomic mass is 10.4. The van der Waals surface area contributed by atoms with Gasteiger partial charge in [-0.05, 0) is 4.92 Å². The van der Waals surface area contributed by atoms with E-state index in [0.29, 0.717) is 0 Å². The minimum atomic E-state index is -0.681. The first kappa shape index (κ1) is 11.1. The number of nitrogens with two attached hydrogens (primary N) is 1. The summed E-state index contributed by atoms with van der Waals surface area (Å²) in [5.74, 6) is -1.08. The number of nitrogens with zero attached hydrogens (tertiary/aromatic N) is 3. The summed E-state index contributed by atoms with van der Waals surface area (Å²) in [6, 6.07) is 1.06. The molecule has 0 fully saturated rings. The molecule has 0 unspecified atom stereocenters. The second-order valence-corrected chi connectivity index (χ2v) is 2.65. The van der Waals surface area contributed by atoms with Crippen molar-refractivity contribution in [1.29, 1.82) is 0 Å². The molecule has 0 aliphatic rings. The Morgan fingerprint density at radius 3 is 2.93 bits per heavy atom. The van der Waals surface area contributed by atoms with Crippen LogP contribution in [0.5, 0.6) is 0 Å². The standard InChI is InChI=1S/C7H10N4O4/c1-15-7(12)5-4-6(11(13)14)9-10(5)3-2-8/h4H,2-3,8H2,1H3. The van der Waals surface area contributed by atoms with Crippen molar-refractivity contribution in [3.63, 3.8) is 0 Å². The van der Waals surface area contributed by atoms with Crippen molar-refractivity contribution in [2.24, 2.45) is 5.73 Å². The van der Waals surface area contributed by atoms with Crippen LogP contribution < -0.4 is 5.73 Å². The lowest BCUT2D eigenvalue weighted by Crippen LogP contribution is -2.17. The van der Waals surface area contributed by atoms with E-state index in [1.807, 2.05) is 0 Å². The van der Waals surface area contributed by atoms with Gasteiger partial charge in [0, 0.05) is 6.54 Å². The summed E-state index contributed by atoms with van der Waals surface area (Å²) in [7, 11) is 1.19. The summed E-state index contributed by atoms with van der Waals surface area (Å²) >= 11 is 0. The zero-order chi connectivity index (χ0) is 11.4. The van der Waals surface area contributed by atoms with E-state index >= 15 is 0 Å². The first-order chi connectivity index (χ1) is 7.10. The van der Waals surface area contributed by atoms with E-state index in [1.165, 1.54) is 7.11 Å². The molecule has 0 saturated carbocycles. The number of aromatic nitrogens is 2. The van der Waals surface area contributed by atoms with Gasteiger partial charge in [-0.15, -0.1) is 0 Å². The Kier molecular flexibility index (Phi) is 3.34. The Balaban J connectivity index is 3.11. The molecule has 8 heteroatoms. The Bertz CT molecular complexity index is 386. The van der Waals surface area contributed by atoms with E-state index in [0.717, 1.165) is 10.7 Å². The molecule has 0 amide bonds. The molecule has 1 aromatic rings. The molecule has 15 heavy (non-hydrogen) atoms. The topological polar surface area (TPSA) is 113 Å². The fraction of sp³-hybridized carbons (Fsp3) is 0.429. The number of nitro groups is 1. The first-order valence-electron chi connectivity index (χ1n) is 4.10. The second kappa shape index (κ2) is 4.51. The number of methoxy groups -OCH3 is 1. The Morgan fingerprint density at radius 2 is 2.47 bits per heavy atom. The maximum absolute atomic E-state index is 11.2. The van der Waals surface area contributed by atoms with E-state index in [-0.39, 0.29) is 18.8 Å². The molecule has 0 aromatic carbocycles. The van der Waals surface area contributed by atoms with Gasteiger partial charge in [-0.25, -0.2) is 4.79 Å². The van der Waals surface area contributed by atoms with Crippen LogP contribution in [0.2, 0.25) is 0 Å². The van der Waals surface area contributed by atoms with Gasteiger partial charge in [-0.2, -0.15) is 4.68 Å². The molecule has 0 atom stereocenters. The summed E-state index contributed by atoms with van der Waals surface area (Å²) in [6.45, 7) is 0.446.